The number of rotatable bonds is 7. The van der Waals surface area contributed by atoms with Crippen LogP contribution >= 0.6 is 11.6 Å². The standard InChI is InChI=1S/C17H23ClN2O/c18-15-7-4-8-16(13-15)19-12-10-17(21)20-11-9-14-5-2-1-3-6-14/h4-5,7-8,13,19H,1-3,6,9-12H2,(H,20,21). The van der Waals surface area contributed by atoms with E-state index in [4.69, 9.17) is 11.6 Å². The molecule has 0 saturated heterocycles. The maximum atomic E-state index is 11.7. The number of carbonyl (C=O) groups is 1. The van der Waals surface area contributed by atoms with E-state index in [2.05, 4.69) is 16.7 Å². The number of benzene rings is 1. The highest BCUT2D eigenvalue weighted by atomic mass is 35.5. The Balaban J connectivity index is 1.58. The molecule has 0 fully saturated rings. The molecule has 1 aliphatic carbocycles. The minimum absolute atomic E-state index is 0.0981. The second-order valence-electron chi connectivity index (χ2n) is 5.40. The molecular weight excluding hydrogens is 284 g/mol. The topological polar surface area (TPSA) is 41.1 Å². The fraction of sp³-hybridized carbons (Fsp3) is 0.471. The largest absolute Gasteiger partial charge is 0.384 e. The Morgan fingerprint density at radius 1 is 1.24 bits per heavy atom. The van der Waals surface area contributed by atoms with Gasteiger partial charge in [-0.1, -0.05) is 29.3 Å². The first-order valence-electron chi connectivity index (χ1n) is 7.68. The van der Waals surface area contributed by atoms with Gasteiger partial charge in [0.25, 0.3) is 0 Å². The zero-order valence-electron chi connectivity index (χ0n) is 12.3. The van der Waals surface area contributed by atoms with Crippen LogP contribution in [-0.2, 0) is 4.79 Å². The van der Waals surface area contributed by atoms with Crippen molar-refractivity contribution in [3.8, 4) is 0 Å². The van der Waals surface area contributed by atoms with Gasteiger partial charge >= 0.3 is 0 Å². The van der Waals surface area contributed by atoms with Crippen molar-refractivity contribution in [3.05, 3.63) is 40.9 Å². The lowest BCUT2D eigenvalue weighted by atomic mass is 9.97. The first-order valence-corrected chi connectivity index (χ1v) is 8.06. The van der Waals surface area contributed by atoms with Crippen molar-refractivity contribution in [2.24, 2.45) is 0 Å². The number of nitrogens with one attached hydrogen (secondary N) is 2. The van der Waals surface area contributed by atoms with Gasteiger partial charge in [0.2, 0.25) is 5.91 Å². The highest BCUT2D eigenvalue weighted by Crippen LogP contribution is 2.19. The Hall–Kier alpha value is -1.48. The first-order chi connectivity index (χ1) is 10.2. The summed E-state index contributed by atoms with van der Waals surface area (Å²) in [5.41, 5.74) is 2.45. The van der Waals surface area contributed by atoms with Gasteiger partial charge in [-0.05, 0) is 50.3 Å². The third-order valence-electron chi connectivity index (χ3n) is 3.66. The average Bonchev–Trinajstić information content (AvgIpc) is 2.48. The molecule has 1 amide bonds. The van der Waals surface area contributed by atoms with Gasteiger partial charge in [0.05, 0.1) is 0 Å². The van der Waals surface area contributed by atoms with Crippen LogP contribution in [0.4, 0.5) is 5.69 Å². The summed E-state index contributed by atoms with van der Waals surface area (Å²) in [6.07, 6.45) is 8.81. The predicted octanol–water partition coefficient (Wildman–Crippen LogP) is 4.15. The van der Waals surface area contributed by atoms with Crippen molar-refractivity contribution in [1.82, 2.24) is 5.32 Å². The molecule has 0 saturated carbocycles. The zero-order valence-corrected chi connectivity index (χ0v) is 13.1. The monoisotopic (exact) mass is 306 g/mol. The zero-order chi connectivity index (χ0) is 14.9. The number of halogens is 1. The van der Waals surface area contributed by atoms with E-state index in [-0.39, 0.29) is 5.91 Å². The Morgan fingerprint density at radius 3 is 2.90 bits per heavy atom. The molecule has 0 bridgehead atoms. The molecule has 1 aromatic carbocycles. The van der Waals surface area contributed by atoms with Crippen molar-refractivity contribution in [2.75, 3.05) is 18.4 Å². The number of hydrogen-bond acceptors (Lipinski definition) is 2. The number of anilines is 1. The van der Waals surface area contributed by atoms with E-state index in [1.807, 2.05) is 24.3 Å². The molecule has 0 unspecified atom stereocenters. The molecule has 0 atom stereocenters. The van der Waals surface area contributed by atoms with Crippen LogP contribution in [0, 0.1) is 0 Å². The van der Waals surface area contributed by atoms with Crippen LogP contribution in [-0.4, -0.2) is 19.0 Å². The fourth-order valence-corrected chi connectivity index (χ4v) is 2.69. The lowest BCUT2D eigenvalue weighted by Gasteiger charge is -2.13. The number of hydrogen-bond donors (Lipinski definition) is 2. The molecule has 2 rings (SSSR count). The van der Waals surface area contributed by atoms with E-state index >= 15 is 0 Å². The molecule has 0 spiro atoms. The summed E-state index contributed by atoms with van der Waals surface area (Å²) in [4.78, 5) is 11.7. The summed E-state index contributed by atoms with van der Waals surface area (Å²) in [5.74, 6) is 0.0981. The van der Waals surface area contributed by atoms with Gasteiger partial charge in [-0.25, -0.2) is 0 Å². The number of allylic oxidation sites excluding steroid dienone is 1. The van der Waals surface area contributed by atoms with Crippen LogP contribution in [0.25, 0.3) is 0 Å². The Morgan fingerprint density at radius 2 is 2.14 bits per heavy atom. The molecule has 21 heavy (non-hydrogen) atoms. The molecule has 114 valence electrons. The Kier molecular flexibility index (Phi) is 6.61. The van der Waals surface area contributed by atoms with Gasteiger partial charge in [-0.2, -0.15) is 0 Å². The van der Waals surface area contributed by atoms with E-state index in [0.717, 1.165) is 18.7 Å². The van der Waals surface area contributed by atoms with Crippen LogP contribution in [0.2, 0.25) is 5.02 Å². The Bertz CT molecular complexity index is 499. The van der Waals surface area contributed by atoms with Crippen molar-refractivity contribution in [1.29, 1.82) is 0 Å². The van der Waals surface area contributed by atoms with Gasteiger partial charge in [0, 0.05) is 30.2 Å². The molecule has 1 aliphatic rings. The van der Waals surface area contributed by atoms with E-state index in [1.54, 1.807) is 0 Å². The molecular formula is C17H23ClN2O. The molecule has 0 aromatic heterocycles. The summed E-state index contributed by atoms with van der Waals surface area (Å²) in [5, 5.41) is 6.88. The van der Waals surface area contributed by atoms with Crippen LogP contribution in [0.1, 0.15) is 38.5 Å². The quantitative estimate of drug-likeness (QED) is 0.743. The van der Waals surface area contributed by atoms with Crippen LogP contribution in [0.3, 0.4) is 0 Å². The highest BCUT2D eigenvalue weighted by molar-refractivity contribution is 6.30. The first kappa shape index (κ1) is 15.9. The third-order valence-corrected chi connectivity index (χ3v) is 3.89. The van der Waals surface area contributed by atoms with E-state index < -0.39 is 0 Å². The third kappa shape index (κ3) is 6.21. The molecule has 2 N–H and O–H groups in total. The fourth-order valence-electron chi connectivity index (χ4n) is 2.50. The number of amides is 1. The van der Waals surface area contributed by atoms with Gasteiger partial charge in [-0.3, -0.25) is 4.79 Å². The molecule has 0 heterocycles. The van der Waals surface area contributed by atoms with Gasteiger partial charge < -0.3 is 10.6 Å². The summed E-state index contributed by atoms with van der Waals surface area (Å²) in [6, 6.07) is 7.52. The lowest BCUT2D eigenvalue weighted by Crippen LogP contribution is -2.26. The van der Waals surface area contributed by atoms with Crippen molar-refractivity contribution in [3.63, 3.8) is 0 Å². The summed E-state index contributed by atoms with van der Waals surface area (Å²) < 4.78 is 0. The lowest BCUT2D eigenvalue weighted by molar-refractivity contribution is -0.120. The molecule has 4 heteroatoms. The van der Waals surface area contributed by atoms with Crippen molar-refractivity contribution >= 4 is 23.2 Å². The van der Waals surface area contributed by atoms with Crippen LogP contribution in [0.5, 0.6) is 0 Å². The maximum Gasteiger partial charge on any atom is 0.221 e. The molecule has 1 aromatic rings. The summed E-state index contributed by atoms with van der Waals surface area (Å²) in [7, 11) is 0. The minimum Gasteiger partial charge on any atom is -0.384 e. The van der Waals surface area contributed by atoms with Crippen LogP contribution in [0.15, 0.2) is 35.9 Å². The number of carbonyl (C=O) groups excluding carboxylic acids is 1. The normalized spacial score (nSPS) is 14.4. The van der Waals surface area contributed by atoms with E-state index in [9.17, 15) is 4.79 Å². The molecule has 0 radical (unpaired) electrons. The second-order valence-corrected chi connectivity index (χ2v) is 5.83. The highest BCUT2D eigenvalue weighted by Gasteiger charge is 2.05. The minimum atomic E-state index is 0.0981. The smallest absolute Gasteiger partial charge is 0.221 e. The van der Waals surface area contributed by atoms with E-state index in [0.29, 0.717) is 18.0 Å². The van der Waals surface area contributed by atoms with Crippen molar-refractivity contribution < 1.29 is 4.79 Å². The molecule has 3 nitrogen and oxygen atoms in total. The summed E-state index contributed by atoms with van der Waals surface area (Å²) in [6.45, 7) is 1.37. The van der Waals surface area contributed by atoms with Gasteiger partial charge in [-0.15, -0.1) is 0 Å². The van der Waals surface area contributed by atoms with Gasteiger partial charge in [0.1, 0.15) is 0 Å². The second kappa shape index (κ2) is 8.73. The van der Waals surface area contributed by atoms with E-state index in [1.165, 1.54) is 31.3 Å². The summed E-state index contributed by atoms with van der Waals surface area (Å²) >= 11 is 5.90. The van der Waals surface area contributed by atoms with Crippen molar-refractivity contribution in [2.45, 2.75) is 38.5 Å². The van der Waals surface area contributed by atoms with Gasteiger partial charge in [0.15, 0.2) is 0 Å². The molecule has 0 aliphatic heterocycles. The Labute approximate surface area is 131 Å². The maximum absolute atomic E-state index is 11.7. The SMILES string of the molecule is O=C(CCNc1cccc(Cl)c1)NCCC1=CCCCC1. The van der Waals surface area contributed by atoms with Crippen LogP contribution < -0.4 is 10.6 Å². The predicted molar refractivity (Wildman–Crippen MR) is 88.7 cm³/mol. The average molecular weight is 307 g/mol.